The van der Waals surface area contributed by atoms with Crippen LogP contribution in [-0.4, -0.2) is 54.3 Å². The van der Waals surface area contributed by atoms with E-state index in [0.717, 1.165) is 32.6 Å². The zero-order valence-corrected chi connectivity index (χ0v) is 11.6. The van der Waals surface area contributed by atoms with Gasteiger partial charge in [-0.25, -0.2) is 0 Å². The van der Waals surface area contributed by atoms with E-state index < -0.39 is 0 Å². The molecule has 2 heterocycles. The minimum atomic E-state index is -0.0883. The van der Waals surface area contributed by atoms with Crippen LogP contribution in [0.5, 0.6) is 0 Å². The molecule has 6 heteroatoms. The topological polar surface area (TPSA) is 36.7 Å². The smallest absolute Gasteiger partial charge is 0.289 e. The standard InChI is InChI=1S/C12H16Cl2N2O2/c13-4-7-15-5-1-6-16(9-8-15)12(17)10-2-3-11(14)18-10/h2-3H,1,4-9H2. The summed E-state index contributed by atoms with van der Waals surface area (Å²) < 4.78 is 5.15. The molecular weight excluding hydrogens is 275 g/mol. The predicted molar refractivity (Wildman–Crippen MR) is 71.4 cm³/mol. The molecule has 0 atom stereocenters. The fraction of sp³-hybridized carbons (Fsp3) is 0.583. The van der Waals surface area contributed by atoms with Crippen molar-refractivity contribution in [1.29, 1.82) is 0 Å². The molecule has 100 valence electrons. The number of halogens is 2. The number of carbonyl (C=O) groups is 1. The number of nitrogens with zero attached hydrogens (tertiary/aromatic N) is 2. The maximum Gasteiger partial charge on any atom is 0.289 e. The van der Waals surface area contributed by atoms with Crippen LogP contribution in [0.3, 0.4) is 0 Å². The van der Waals surface area contributed by atoms with Gasteiger partial charge in [-0.15, -0.1) is 11.6 Å². The lowest BCUT2D eigenvalue weighted by Gasteiger charge is -2.20. The van der Waals surface area contributed by atoms with E-state index in [1.807, 2.05) is 4.90 Å². The van der Waals surface area contributed by atoms with Gasteiger partial charge < -0.3 is 14.2 Å². The summed E-state index contributed by atoms with van der Waals surface area (Å²) in [6.07, 6.45) is 0.955. The molecule has 1 aliphatic rings. The Hall–Kier alpha value is -0.710. The minimum absolute atomic E-state index is 0.0883. The summed E-state index contributed by atoms with van der Waals surface area (Å²) in [6.45, 7) is 4.16. The van der Waals surface area contributed by atoms with E-state index >= 15 is 0 Å². The van der Waals surface area contributed by atoms with E-state index in [4.69, 9.17) is 27.6 Å². The van der Waals surface area contributed by atoms with E-state index in [2.05, 4.69) is 4.90 Å². The summed E-state index contributed by atoms with van der Waals surface area (Å²) in [5, 5.41) is 0.247. The number of rotatable bonds is 3. The first kappa shape index (κ1) is 13.7. The molecule has 0 unspecified atom stereocenters. The van der Waals surface area contributed by atoms with Gasteiger partial charge in [-0.1, -0.05) is 0 Å². The second kappa shape index (κ2) is 6.45. The summed E-state index contributed by atoms with van der Waals surface area (Å²) >= 11 is 11.4. The van der Waals surface area contributed by atoms with E-state index in [-0.39, 0.29) is 11.1 Å². The molecule has 0 radical (unpaired) electrons. The molecule has 0 spiro atoms. The molecule has 0 aliphatic carbocycles. The third-order valence-electron chi connectivity index (χ3n) is 3.06. The molecule has 0 N–H and O–H groups in total. The van der Waals surface area contributed by atoms with Crippen molar-refractivity contribution in [2.45, 2.75) is 6.42 Å². The third kappa shape index (κ3) is 3.40. The molecule has 2 rings (SSSR count). The fourth-order valence-corrected chi connectivity index (χ4v) is 2.49. The maximum atomic E-state index is 12.2. The molecule has 1 aromatic heterocycles. The Morgan fingerprint density at radius 1 is 1.28 bits per heavy atom. The first-order valence-electron chi connectivity index (χ1n) is 6.03. The highest BCUT2D eigenvalue weighted by Crippen LogP contribution is 2.16. The Morgan fingerprint density at radius 3 is 2.78 bits per heavy atom. The van der Waals surface area contributed by atoms with Gasteiger partial charge in [-0.05, 0) is 36.7 Å². The van der Waals surface area contributed by atoms with Gasteiger partial charge in [-0.2, -0.15) is 0 Å². The first-order chi connectivity index (χ1) is 8.70. The van der Waals surface area contributed by atoms with Crippen LogP contribution in [0.25, 0.3) is 0 Å². The zero-order valence-electron chi connectivity index (χ0n) is 10.1. The number of amides is 1. The second-order valence-electron chi connectivity index (χ2n) is 4.28. The van der Waals surface area contributed by atoms with Gasteiger partial charge in [0.15, 0.2) is 11.0 Å². The molecular formula is C12H16Cl2N2O2. The Bertz CT molecular complexity index is 409. The monoisotopic (exact) mass is 290 g/mol. The van der Waals surface area contributed by atoms with Crippen LogP contribution in [0.2, 0.25) is 5.22 Å². The van der Waals surface area contributed by atoms with Crippen LogP contribution in [-0.2, 0) is 0 Å². The summed E-state index contributed by atoms with van der Waals surface area (Å²) in [5.41, 5.74) is 0. The highest BCUT2D eigenvalue weighted by molar-refractivity contribution is 6.29. The molecule has 18 heavy (non-hydrogen) atoms. The Morgan fingerprint density at radius 2 is 2.11 bits per heavy atom. The first-order valence-corrected chi connectivity index (χ1v) is 6.95. The van der Waals surface area contributed by atoms with Crippen LogP contribution >= 0.6 is 23.2 Å². The Balaban J connectivity index is 1.95. The molecule has 1 saturated heterocycles. The Kier molecular flexibility index (Phi) is 4.92. The van der Waals surface area contributed by atoms with Crippen molar-refractivity contribution in [1.82, 2.24) is 9.80 Å². The van der Waals surface area contributed by atoms with Gasteiger partial charge in [0.05, 0.1) is 0 Å². The van der Waals surface area contributed by atoms with Crippen molar-refractivity contribution >= 4 is 29.1 Å². The maximum absolute atomic E-state index is 12.2. The summed E-state index contributed by atoms with van der Waals surface area (Å²) in [7, 11) is 0. The molecule has 1 aromatic rings. The Labute approximate surface area is 116 Å². The van der Waals surface area contributed by atoms with Crippen molar-refractivity contribution in [3.05, 3.63) is 23.1 Å². The molecule has 0 bridgehead atoms. The number of hydrogen-bond acceptors (Lipinski definition) is 3. The van der Waals surface area contributed by atoms with Crippen LogP contribution < -0.4 is 0 Å². The van der Waals surface area contributed by atoms with Gasteiger partial charge in [0.25, 0.3) is 5.91 Å². The van der Waals surface area contributed by atoms with Gasteiger partial charge in [0, 0.05) is 32.1 Å². The lowest BCUT2D eigenvalue weighted by molar-refractivity contribution is 0.0730. The highest BCUT2D eigenvalue weighted by atomic mass is 35.5. The van der Waals surface area contributed by atoms with Crippen molar-refractivity contribution in [2.75, 3.05) is 38.6 Å². The normalized spacial score (nSPS) is 17.8. The number of furan rings is 1. The second-order valence-corrected chi connectivity index (χ2v) is 5.03. The number of carbonyl (C=O) groups excluding carboxylic acids is 1. The van der Waals surface area contributed by atoms with E-state index in [1.165, 1.54) is 0 Å². The largest absolute Gasteiger partial charge is 0.440 e. The van der Waals surface area contributed by atoms with Crippen LogP contribution in [0, 0.1) is 0 Å². The van der Waals surface area contributed by atoms with Gasteiger partial charge in [0.2, 0.25) is 0 Å². The molecule has 0 saturated carbocycles. The van der Waals surface area contributed by atoms with Crippen LogP contribution in [0.4, 0.5) is 0 Å². The predicted octanol–water partition coefficient (Wildman–Crippen LogP) is 2.32. The molecule has 1 aliphatic heterocycles. The molecule has 1 amide bonds. The number of hydrogen-bond donors (Lipinski definition) is 0. The summed E-state index contributed by atoms with van der Waals surface area (Å²) in [6, 6.07) is 3.21. The van der Waals surface area contributed by atoms with Gasteiger partial charge >= 0.3 is 0 Å². The average molecular weight is 291 g/mol. The van der Waals surface area contributed by atoms with Crippen molar-refractivity contribution in [3.8, 4) is 0 Å². The zero-order chi connectivity index (χ0) is 13.0. The van der Waals surface area contributed by atoms with Gasteiger partial charge in [-0.3, -0.25) is 4.79 Å². The van der Waals surface area contributed by atoms with Gasteiger partial charge in [0.1, 0.15) is 0 Å². The van der Waals surface area contributed by atoms with Crippen molar-refractivity contribution < 1.29 is 9.21 Å². The minimum Gasteiger partial charge on any atom is -0.440 e. The third-order valence-corrected chi connectivity index (χ3v) is 3.43. The average Bonchev–Trinajstić information content (AvgIpc) is 2.65. The SMILES string of the molecule is O=C(c1ccc(Cl)o1)N1CCCN(CCCl)CC1. The van der Waals surface area contributed by atoms with Crippen LogP contribution in [0.1, 0.15) is 17.0 Å². The van der Waals surface area contributed by atoms with E-state index in [9.17, 15) is 4.79 Å². The van der Waals surface area contributed by atoms with Crippen molar-refractivity contribution in [2.24, 2.45) is 0 Å². The fourth-order valence-electron chi connectivity index (χ4n) is 2.10. The summed E-state index contributed by atoms with van der Waals surface area (Å²) in [5.74, 6) is 0.849. The van der Waals surface area contributed by atoms with Crippen LogP contribution in [0.15, 0.2) is 16.5 Å². The molecule has 4 nitrogen and oxygen atoms in total. The van der Waals surface area contributed by atoms with Crippen molar-refractivity contribution in [3.63, 3.8) is 0 Å². The molecule has 1 fully saturated rings. The molecule has 0 aromatic carbocycles. The number of alkyl halides is 1. The summed E-state index contributed by atoms with van der Waals surface area (Å²) in [4.78, 5) is 16.2. The van der Waals surface area contributed by atoms with E-state index in [0.29, 0.717) is 18.2 Å². The highest BCUT2D eigenvalue weighted by Gasteiger charge is 2.22. The quantitative estimate of drug-likeness (QED) is 0.802. The lowest BCUT2D eigenvalue weighted by Crippen LogP contribution is -2.35. The lowest BCUT2D eigenvalue weighted by atomic mass is 10.3. The van der Waals surface area contributed by atoms with E-state index in [1.54, 1.807) is 12.1 Å².